The summed E-state index contributed by atoms with van der Waals surface area (Å²) in [5.74, 6) is 3.49. The molecule has 1 unspecified atom stereocenters. The maximum atomic E-state index is 13.4. The van der Waals surface area contributed by atoms with Gasteiger partial charge in [-0.15, -0.1) is 0 Å². The molecule has 0 bridgehead atoms. The fourth-order valence-corrected chi connectivity index (χ4v) is 6.54. The van der Waals surface area contributed by atoms with Crippen LogP contribution in [0.3, 0.4) is 0 Å². The third kappa shape index (κ3) is 3.99. The molecule has 188 valence electrons. The van der Waals surface area contributed by atoms with Crippen molar-refractivity contribution in [2.45, 2.75) is 50.6 Å². The van der Waals surface area contributed by atoms with Gasteiger partial charge in [-0.2, -0.15) is 0 Å². The Morgan fingerprint density at radius 1 is 0.914 bits per heavy atom. The lowest BCUT2D eigenvalue weighted by Crippen LogP contribution is -2.56. The summed E-state index contributed by atoms with van der Waals surface area (Å²) in [6.07, 6.45) is 4.19. The van der Waals surface area contributed by atoms with E-state index in [1.807, 2.05) is 0 Å². The highest BCUT2D eigenvalue weighted by molar-refractivity contribution is 5.79. The maximum Gasteiger partial charge on any atom is 0.223 e. The average Bonchev–Trinajstić information content (AvgIpc) is 2.86. The van der Waals surface area contributed by atoms with Gasteiger partial charge in [-0.3, -0.25) is 4.79 Å². The lowest BCUT2D eigenvalue weighted by atomic mass is 9.70. The monoisotopic (exact) mass is 480 g/mol. The molecule has 3 heterocycles. The van der Waals surface area contributed by atoms with Gasteiger partial charge in [0.15, 0.2) is 23.0 Å². The average molecular weight is 481 g/mol. The van der Waals surface area contributed by atoms with E-state index in [0.29, 0.717) is 12.2 Å². The van der Waals surface area contributed by atoms with Gasteiger partial charge < -0.3 is 29.2 Å². The van der Waals surface area contributed by atoms with Gasteiger partial charge in [-0.05, 0) is 91.6 Å². The number of methoxy groups -OCH3 is 4. The van der Waals surface area contributed by atoms with Gasteiger partial charge in [0, 0.05) is 19.0 Å². The zero-order valence-electron chi connectivity index (χ0n) is 21.4. The van der Waals surface area contributed by atoms with Gasteiger partial charge in [0.05, 0.1) is 34.0 Å². The van der Waals surface area contributed by atoms with Crippen LogP contribution < -0.4 is 24.3 Å². The number of nitrogens with zero attached hydrogens (tertiary/aromatic N) is 1. The lowest BCUT2D eigenvalue weighted by molar-refractivity contribution is -0.146. The summed E-state index contributed by atoms with van der Waals surface area (Å²) in [5, 5.41) is 3.71. The Labute approximate surface area is 207 Å². The summed E-state index contributed by atoms with van der Waals surface area (Å²) in [6, 6.07) is 8.57. The summed E-state index contributed by atoms with van der Waals surface area (Å²) in [7, 11) is 6.68. The summed E-state index contributed by atoms with van der Waals surface area (Å²) < 4.78 is 22.3. The Bertz CT molecular complexity index is 1130. The normalized spacial score (nSPS) is 25.3. The van der Waals surface area contributed by atoms with Crippen LogP contribution in [-0.4, -0.2) is 52.3 Å². The molecule has 0 radical (unpaired) electrons. The van der Waals surface area contributed by atoms with Crippen LogP contribution in [0.15, 0.2) is 24.3 Å². The number of hydrogen-bond donors (Lipinski definition) is 1. The SMILES string of the molecule is COc1cc2c(cc1OC)C(C[C@H]1CC(=O)N3CCc4cc(OC)c(OC)cc4[C@@]3(C)C1)NCC2. The second-order valence-corrected chi connectivity index (χ2v) is 10.1. The first-order valence-corrected chi connectivity index (χ1v) is 12.5. The zero-order valence-corrected chi connectivity index (χ0v) is 21.4. The van der Waals surface area contributed by atoms with E-state index >= 15 is 0 Å². The molecule has 0 aromatic heterocycles. The van der Waals surface area contributed by atoms with E-state index in [1.54, 1.807) is 28.4 Å². The van der Waals surface area contributed by atoms with Crippen LogP contribution in [0, 0.1) is 5.92 Å². The maximum absolute atomic E-state index is 13.4. The largest absolute Gasteiger partial charge is 0.493 e. The lowest BCUT2D eigenvalue weighted by Gasteiger charge is -2.52. The highest BCUT2D eigenvalue weighted by Crippen LogP contribution is 2.49. The Morgan fingerprint density at radius 2 is 1.54 bits per heavy atom. The number of carbonyl (C=O) groups is 1. The first-order chi connectivity index (χ1) is 16.9. The van der Waals surface area contributed by atoms with Crippen molar-refractivity contribution in [1.82, 2.24) is 10.2 Å². The molecule has 7 nitrogen and oxygen atoms in total. The van der Waals surface area contributed by atoms with E-state index in [-0.39, 0.29) is 23.4 Å². The smallest absolute Gasteiger partial charge is 0.223 e. The highest BCUT2D eigenvalue weighted by Gasteiger charge is 2.47. The number of piperidine rings is 1. The predicted molar refractivity (Wildman–Crippen MR) is 134 cm³/mol. The molecule has 2 aromatic rings. The van der Waals surface area contributed by atoms with Gasteiger partial charge in [-0.1, -0.05) is 0 Å². The quantitative estimate of drug-likeness (QED) is 0.674. The number of amides is 1. The number of hydrogen-bond acceptors (Lipinski definition) is 6. The molecule has 1 amide bonds. The van der Waals surface area contributed by atoms with E-state index in [1.165, 1.54) is 22.3 Å². The minimum atomic E-state index is -0.359. The van der Waals surface area contributed by atoms with Gasteiger partial charge in [0.1, 0.15) is 0 Å². The predicted octanol–water partition coefficient (Wildman–Crippen LogP) is 4.01. The van der Waals surface area contributed by atoms with Gasteiger partial charge in [-0.25, -0.2) is 0 Å². The number of ether oxygens (including phenoxy) is 4. The Balaban J connectivity index is 1.45. The van der Waals surface area contributed by atoms with Crippen LogP contribution in [0.5, 0.6) is 23.0 Å². The van der Waals surface area contributed by atoms with E-state index < -0.39 is 0 Å². The van der Waals surface area contributed by atoms with Crippen molar-refractivity contribution in [2.75, 3.05) is 41.5 Å². The molecular formula is C28H36N2O5. The minimum Gasteiger partial charge on any atom is -0.493 e. The molecule has 5 rings (SSSR count). The third-order valence-electron chi connectivity index (χ3n) is 8.22. The molecule has 35 heavy (non-hydrogen) atoms. The molecule has 1 saturated heterocycles. The van der Waals surface area contributed by atoms with Crippen molar-refractivity contribution in [3.8, 4) is 23.0 Å². The van der Waals surface area contributed by atoms with Crippen LogP contribution in [0.4, 0.5) is 0 Å². The molecular weight excluding hydrogens is 444 g/mol. The van der Waals surface area contributed by atoms with Crippen LogP contribution >= 0.6 is 0 Å². The second-order valence-electron chi connectivity index (χ2n) is 10.1. The molecule has 3 aliphatic rings. The topological polar surface area (TPSA) is 69.3 Å². The van der Waals surface area contributed by atoms with Crippen molar-refractivity contribution in [3.63, 3.8) is 0 Å². The van der Waals surface area contributed by atoms with E-state index in [9.17, 15) is 4.79 Å². The summed E-state index contributed by atoms with van der Waals surface area (Å²) in [4.78, 5) is 15.5. The second kappa shape index (κ2) is 9.26. The number of carbonyl (C=O) groups excluding carboxylic acids is 1. The van der Waals surface area contributed by atoms with Crippen molar-refractivity contribution in [3.05, 3.63) is 46.5 Å². The number of rotatable bonds is 6. The Kier molecular flexibility index (Phi) is 6.30. The molecule has 0 aliphatic carbocycles. The molecule has 1 N–H and O–H groups in total. The number of fused-ring (bicyclic) bond motifs is 4. The van der Waals surface area contributed by atoms with E-state index in [0.717, 1.165) is 56.0 Å². The zero-order chi connectivity index (χ0) is 24.7. The first kappa shape index (κ1) is 23.8. The standard InChI is InChI=1S/C28H36N2O5/c1-28-16-17(10-22-20-14-25(34-4)23(32-2)12-18(20)6-8-29-22)11-27(31)30(28)9-7-19-13-24(33-3)26(35-5)15-21(19)28/h12-15,17,22,29H,6-11,16H2,1-5H3/t17-,22?,28+/m0/s1. The van der Waals surface area contributed by atoms with Gasteiger partial charge >= 0.3 is 0 Å². The van der Waals surface area contributed by atoms with E-state index in [2.05, 4.69) is 41.4 Å². The summed E-state index contributed by atoms with van der Waals surface area (Å²) in [5.41, 5.74) is 4.61. The molecule has 0 spiro atoms. The minimum absolute atomic E-state index is 0.181. The highest BCUT2D eigenvalue weighted by atomic mass is 16.5. The van der Waals surface area contributed by atoms with Crippen LogP contribution in [-0.2, 0) is 23.2 Å². The Hall–Kier alpha value is -2.93. The third-order valence-corrected chi connectivity index (χ3v) is 8.22. The number of nitrogens with one attached hydrogen (secondary N) is 1. The van der Waals surface area contributed by atoms with Crippen molar-refractivity contribution in [1.29, 1.82) is 0 Å². The molecule has 0 saturated carbocycles. The van der Waals surface area contributed by atoms with Crippen molar-refractivity contribution in [2.24, 2.45) is 5.92 Å². The van der Waals surface area contributed by atoms with Crippen LogP contribution in [0.1, 0.15) is 54.5 Å². The first-order valence-electron chi connectivity index (χ1n) is 12.5. The van der Waals surface area contributed by atoms with Gasteiger partial charge in [0.25, 0.3) is 0 Å². The fourth-order valence-electron chi connectivity index (χ4n) is 6.54. The molecule has 3 atom stereocenters. The molecule has 7 heteroatoms. The summed E-state index contributed by atoms with van der Waals surface area (Å²) in [6.45, 7) is 3.88. The van der Waals surface area contributed by atoms with Crippen molar-refractivity contribution >= 4 is 5.91 Å². The van der Waals surface area contributed by atoms with Crippen LogP contribution in [0.25, 0.3) is 0 Å². The van der Waals surface area contributed by atoms with Crippen LogP contribution in [0.2, 0.25) is 0 Å². The van der Waals surface area contributed by atoms with Gasteiger partial charge in [0.2, 0.25) is 5.91 Å². The molecule has 3 aliphatic heterocycles. The number of benzene rings is 2. The molecule has 1 fully saturated rings. The molecule has 2 aromatic carbocycles. The Morgan fingerprint density at radius 3 is 2.23 bits per heavy atom. The van der Waals surface area contributed by atoms with Crippen molar-refractivity contribution < 1.29 is 23.7 Å². The summed E-state index contributed by atoms with van der Waals surface area (Å²) >= 11 is 0. The fraction of sp³-hybridized carbons (Fsp3) is 0.536. The van der Waals surface area contributed by atoms with E-state index in [4.69, 9.17) is 18.9 Å².